The normalized spacial score (nSPS) is 14.4. The van der Waals surface area contributed by atoms with Crippen LogP contribution in [0.3, 0.4) is 0 Å². The molecule has 3 aromatic rings. The number of hydrogen-bond donors (Lipinski definition) is 3. The minimum Gasteiger partial charge on any atom is -0.465 e. The van der Waals surface area contributed by atoms with Gasteiger partial charge in [-0.3, -0.25) is 9.52 Å². The number of nitrogens with zero attached hydrogens (tertiary/aromatic N) is 1. The van der Waals surface area contributed by atoms with Crippen molar-refractivity contribution in [2.75, 3.05) is 17.8 Å². The largest absolute Gasteiger partial charge is 0.465 e. The summed E-state index contributed by atoms with van der Waals surface area (Å²) in [5, 5.41) is 12.6. The van der Waals surface area contributed by atoms with Crippen molar-refractivity contribution >= 4 is 45.3 Å². The molecule has 1 aliphatic heterocycles. The molecule has 1 aliphatic rings. The summed E-state index contributed by atoms with van der Waals surface area (Å²) in [6.07, 6.45) is -1.20. The maximum absolute atomic E-state index is 13.5. The van der Waals surface area contributed by atoms with Gasteiger partial charge in [-0.2, -0.15) is 0 Å². The molecule has 3 aromatic carbocycles. The minimum atomic E-state index is -3.90. The van der Waals surface area contributed by atoms with E-state index >= 15 is 0 Å². The van der Waals surface area contributed by atoms with Gasteiger partial charge in [0.2, 0.25) is 0 Å². The van der Waals surface area contributed by atoms with E-state index < -0.39 is 39.1 Å². The third-order valence-corrected chi connectivity index (χ3v) is 9.22. The van der Waals surface area contributed by atoms with E-state index in [0.717, 1.165) is 10.5 Å². The zero-order valence-corrected chi connectivity index (χ0v) is 27.2. The summed E-state index contributed by atoms with van der Waals surface area (Å²) >= 11 is 6.15. The Morgan fingerprint density at radius 1 is 0.909 bits per heavy atom. The van der Waals surface area contributed by atoms with Gasteiger partial charge >= 0.3 is 12.1 Å². The predicted molar refractivity (Wildman–Crippen MR) is 169 cm³/mol. The van der Waals surface area contributed by atoms with Gasteiger partial charge in [0.15, 0.2) is 5.54 Å². The highest BCUT2D eigenvalue weighted by Crippen LogP contribution is 2.31. The van der Waals surface area contributed by atoms with Crippen molar-refractivity contribution in [3.63, 3.8) is 0 Å². The van der Waals surface area contributed by atoms with E-state index in [1.54, 1.807) is 84.9 Å². The zero-order chi connectivity index (χ0) is 32.8. The van der Waals surface area contributed by atoms with Crippen LogP contribution >= 0.6 is 11.6 Å². The molecule has 0 bridgehead atoms. The molecule has 10 nitrogen and oxygen atoms in total. The quantitative estimate of drug-likeness (QED) is 0.275. The molecule has 0 spiro atoms. The average Bonchev–Trinajstić information content (AvgIpc) is 2.86. The van der Waals surface area contributed by atoms with Crippen molar-refractivity contribution < 1.29 is 32.6 Å². The molecule has 0 radical (unpaired) electrons. The smallest absolute Gasteiger partial charge is 0.407 e. The Morgan fingerprint density at radius 3 is 2.09 bits per heavy atom. The van der Waals surface area contributed by atoms with Crippen LogP contribution in [0.2, 0.25) is 5.02 Å². The highest BCUT2D eigenvalue weighted by Gasteiger charge is 2.54. The summed E-state index contributed by atoms with van der Waals surface area (Å²) < 4.78 is 34.6. The number of nitrogens with one attached hydrogen (secondary N) is 2. The van der Waals surface area contributed by atoms with Crippen LogP contribution in [0.4, 0.5) is 10.5 Å². The number of anilines is 1. The summed E-state index contributed by atoms with van der Waals surface area (Å²) in [5.74, 6) is -1.23. The molecule has 1 saturated heterocycles. The molecule has 0 saturated carbocycles. The number of esters is 1. The molecule has 0 aromatic heterocycles. The van der Waals surface area contributed by atoms with E-state index in [2.05, 4.69) is 10.0 Å². The summed E-state index contributed by atoms with van der Waals surface area (Å²) in [7, 11) is -3.90. The molecule has 234 valence electrons. The van der Waals surface area contributed by atoms with E-state index in [0.29, 0.717) is 44.1 Å². The number of aryl methyl sites for hydroxylation is 4. The molecular formula is C32H36ClN3O7S. The minimum absolute atomic E-state index is 0.133. The number of benzene rings is 3. The fraction of sp³-hybridized carbons (Fsp3) is 0.344. The number of ether oxygens (including phenoxy) is 1. The third-order valence-electron chi connectivity index (χ3n) is 7.29. The SMILES string of the molecule is Cc1cc(S(=O)(=O)Nc2cccc(-c3cc(C)c(C(=O)NC4(C(=O)OC(C)(C)C)CN(C(=O)O)C4)c(C)c3)c2)c(C)cc1Cl. The maximum atomic E-state index is 13.5. The summed E-state index contributed by atoms with van der Waals surface area (Å²) in [6.45, 7) is 11.6. The van der Waals surface area contributed by atoms with Crippen molar-refractivity contribution in [1.29, 1.82) is 0 Å². The van der Waals surface area contributed by atoms with Crippen molar-refractivity contribution in [3.8, 4) is 11.1 Å². The lowest BCUT2D eigenvalue weighted by Crippen LogP contribution is -2.75. The van der Waals surface area contributed by atoms with E-state index in [1.807, 2.05) is 6.07 Å². The van der Waals surface area contributed by atoms with E-state index in [1.165, 1.54) is 6.07 Å². The van der Waals surface area contributed by atoms with Crippen LogP contribution in [-0.4, -0.2) is 60.6 Å². The molecule has 2 amide bonds. The number of carboxylic acid groups (broad SMARTS) is 1. The van der Waals surface area contributed by atoms with Gasteiger partial charge in [-0.25, -0.2) is 18.0 Å². The van der Waals surface area contributed by atoms with Crippen molar-refractivity contribution in [3.05, 3.63) is 81.4 Å². The maximum Gasteiger partial charge on any atom is 0.407 e. The van der Waals surface area contributed by atoms with Crippen LogP contribution in [0, 0.1) is 27.7 Å². The Morgan fingerprint density at radius 2 is 1.52 bits per heavy atom. The summed E-state index contributed by atoms with van der Waals surface area (Å²) in [6, 6.07) is 13.7. The van der Waals surface area contributed by atoms with Crippen LogP contribution in [-0.2, 0) is 19.6 Å². The van der Waals surface area contributed by atoms with Gasteiger partial charge in [-0.1, -0.05) is 35.9 Å². The highest BCUT2D eigenvalue weighted by atomic mass is 35.5. The molecular weight excluding hydrogens is 606 g/mol. The number of amides is 2. The van der Waals surface area contributed by atoms with Gasteiger partial charge in [0.1, 0.15) is 5.60 Å². The monoisotopic (exact) mass is 641 g/mol. The summed E-state index contributed by atoms with van der Waals surface area (Å²) in [4.78, 5) is 39.2. The Balaban J connectivity index is 1.60. The molecule has 44 heavy (non-hydrogen) atoms. The Bertz CT molecular complexity index is 1750. The lowest BCUT2D eigenvalue weighted by atomic mass is 9.88. The van der Waals surface area contributed by atoms with Crippen LogP contribution in [0.25, 0.3) is 11.1 Å². The Hall–Kier alpha value is -4.09. The average molecular weight is 642 g/mol. The van der Waals surface area contributed by atoms with Crippen LogP contribution in [0.5, 0.6) is 0 Å². The number of carbonyl (C=O) groups is 3. The first-order valence-electron chi connectivity index (χ1n) is 13.9. The number of hydrogen-bond acceptors (Lipinski definition) is 6. The van der Waals surface area contributed by atoms with Crippen molar-refractivity contribution in [2.24, 2.45) is 0 Å². The van der Waals surface area contributed by atoms with Gasteiger partial charge in [0.05, 0.1) is 18.0 Å². The van der Waals surface area contributed by atoms with E-state index in [9.17, 15) is 27.9 Å². The second kappa shape index (κ2) is 11.8. The van der Waals surface area contributed by atoms with E-state index in [-0.39, 0.29) is 18.0 Å². The van der Waals surface area contributed by atoms with Gasteiger partial charge < -0.3 is 20.1 Å². The first-order valence-corrected chi connectivity index (χ1v) is 15.7. The third kappa shape index (κ3) is 6.84. The molecule has 0 aliphatic carbocycles. The number of rotatable bonds is 7. The van der Waals surface area contributed by atoms with Crippen LogP contribution < -0.4 is 10.0 Å². The lowest BCUT2D eigenvalue weighted by Gasteiger charge is -2.47. The predicted octanol–water partition coefficient (Wildman–Crippen LogP) is 5.85. The second-order valence-corrected chi connectivity index (χ2v) is 14.3. The van der Waals surface area contributed by atoms with Crippen molar-refractivity contribution in [2.45, 2.75) is 64.5 Å². The first-order chi connectivity index (χ1) is 20.3. The molecule has 12 heteroatoms. The first kappa shape index (κ1) is 32.8. The second-order valence-electron chi connectivity index (χ2n) is 12.2. The topological polar surface area (TPSA) is 142 Å². The van der Waals surface area contributed by atoms with Crippen molar-refractivity contribution in [1.82, 2.24) is 10.2 Å². The molecule has 4 rings (SSSR count). The molecule has 3 N–H and O–H groups in total. The van der Waals surface area contributed by atoms with Crippen LogP contribution in [0.15, 0.2) is 53.4 Å². The number of likely N-dealkylation sites (tertiary alicyclic amines) is 1. The zero-order valence-electron chi connectivity index (χ0n) is 25.7. The van der Waals surface area contributed by atoms with Gasteiger partial charge in [0, 0.05) is 16.3 Å². The fourth-order valence-corrected chi connectivity index (χ4v) is 6.74. The van der Waals surface area contributed by atoms with Gasteiger partial charge in [-0.15, -0.1) is 0 Å². The highest BCUT2D eigenvalue weighted by molar-refractivity contribution is 7.92. The van der Waals surface area contributed by atoms with Gasteiger partial charge in [-0.05, 0) is 106 Å². The number of carbonyl (C=O) groups excluding carboxylic acids is 2. The lowest BCUT2D eigenvalue weighted by molar-refractivity contribution is -0.169. The standard InChI is InChI=1S/C32H36ClN3O7S/c1-18-14-26(19(2)13-25(18)33)44(41,42)35-24-10-8-9-22(15-24)23-11-20(3)27(21(4)12-23)28(37)34-32(16-36(17-32)30(39)40)29(38)43-31(5,6)7/h8-15,35H,16-17H2,1-7H3,(H,34,37)(H,39,40). The Labute approximate surface area is 262 Å². The van der Waals surface area contributed by atoms with Crippen LogP contribution in [0.1, 0.15) is 53.4 Å². The number of halogens is 1. The Kier molecular flexibility index (Phi) is 8.78. The van der Waals surface area contributed by atoms with E-state index in [4.69, 9.17) is 16.3 Å². The summed E-state index contributed by atoms with van der Waals surface area (Å²) in [5.41, 5.74) is 2.23. The number of sulfonamides is 1. The van der Waals surface area contributed by atoms with Gasteiger partial charge in [0.25, 0.3) is 15.9 Å². The molecule has 1 heterocycles. The molecule has 0 unspecified atom stereocenters. The fourth-order valence-electron chi connectivity index (χ4n) is 5.16. The molecule has 0 atom stereocenters. The molecule has 1 fully saturated rings.